The van der Waals surface area contributed by atoms with Gasteiger partial charge in [-0.3, -0.25) is 14.9 Å². The van der Waals surface area contributed by atoms with Gasteiger partial charge < -0.3 is 5.32 Å². The van der Waals surface area contributed by atoms with E-state index in [1.807, 2.05) is 0 Å². The van der Waals surface area contributed by atoms with Crippen LogP contribution in [0.15, 0.2) is 36.9 Å². The van der Waals surface area contributed by atoms with Crippen LogP contribution in [0.4, 0.5) is 5.69 Å². The SMILES string of the molecule is C=CCNC(=O)C1CC1c1ccc([N+](=O)[O-])cc1. The van der Waals surface area contributed by atoms with E-state index in [4.69, 9.17) is 0 Å². The minimum atomic E-state index is -0.426. The molecule has 0 aliphatic heterocycles. The van der Waals surface area contributed by atoms with Gasteiger partial charge in [0, 0.05) is 24.6 Å². The van der Waals surface area contributed by atoms with Gasteiger partial charge in [-0.25, -0.2) is 0 Å². The van der Waals surface area contributed by atoms with Crippen molar-refractivity contribution in [2.45, 2.75) is 12.3 Å². The number of hydrogen-bond donors (Lipinski definition) is 1. The van der Waals surface area contributed by atoms with Crippen molar-refractivity contribution in [3.63, 3.8) is 0 Å². The maximum absolute atomic E-state index is 11.7. The minimum absolute atomic E-state index is 0.00796. The number of carbonyl (C=O) groups is 1. The lowest BCUT2D eigenvalue weighted by atomic mass is 10.1. The molecule has 2 atom stereocenters. The number of non-ortho nitro benzene ring substituents is 1. The molecule has 1 aliphatic rings. The molecule has 1 aromatic carbocycles. The molecule has 0 saturated heterocycles. The van der Waals surface area contributed by atoms with Gasteiger partial charge in [0.25, 0.3) is 5.69 Å². The van der Waals surface area contributed by atoms with Gasteiger partial charge in [-0.15, -0.1) is 6.58 Å². The molecule has 0 spiro atoms. The molecule has 1 aromatic rings. The van der Waals surface area contributed by atoms with Gasteiger partial charge in [-0.1, -0.05) is 18.2 Å². The Morgan fingerprint density at radius 3 is 2.72 bits per heavy atom. The number of nitrogens with zero attached hydrogens (tertiary/aromatic N) is 1. The Balaban J connectivity index is 1.96. The normalized spacial score (nSPS) is 21.1. The molecule has 1 fully saturated rings. The Morgan fingerprint density at radius 2 is 2.17 bits per heavy atom. The summed E-state index contributed by atoms with van der Waals surface area (Å²) in [5.74, 6) is 0.209. The highest BCUT2D eigenvalue weighted by molar-refractivity contribution is 5.83. The van der Waals surface area contributed by atoms with Crippen LogP contribution in [0.3, 0.4) is 0 Å². The summed E-state index contributed by atoms with van der Waals surface area (Å²) >= 11 is 0. The van der Waals surface area contributed by atoms with E-state index in [1.165, 1.54) is 12.1 Å². The van der Waals surface area contributed by atoms with Crippen LogP contribution in [-0.4, -0.2) is 17.4 Å². The standard InChI is InChI=1S/C13H14N2O3/c1-2-7-14-13(16)12-8-11(12)9-3-5-10(6-4-9)15(17)18/h2-6,11-12H,1,7-8H2,(H,14,16). The van der Waals surface area contributed by atoms with E-state index in [2.05, 4.69) is 11.9 Å². The molecule has 0 bridgehead atoms. The van der Waals surface area contributed by atoms with E-state index < -0.39 is 4.92 Å². The van der Waals surface area contributed by atoms with Crippen LogP contribution in [0, 0.1) is 16.0 Å². The first-order chi connectivity index (χ1) is 8.63. The quantitative estimate of drug-likeness (QED) is 0.490. The number of benzene rings is 1. The molecule has 94 valence electrons. The van der Waals surface area contributed by atoms with Gasteiger partial charge in [0.1, 0.15) is 0 Å². The van der Waals surface area contributed by atoms with E-state index >= 15 is 0 Å². The second-order valence-corrected chi connectivity index (χ2v) is 4.33. The summed E-state index contributed by atoms with van der Waals surface area (Å²) in [5, 5.41) is 13.3. The van der Waals surface area contributed by atoms with Crippen molar-refractivity contribution in [2.24, 2.45) is 5.92 Å². The van der Waals surface area contributed by atoms with Gasteiger partial charge in [0.05, 0.1) is 4.92 Å². The smallest absolute Gasteiger partial charge is 0.269 e. The summed E-state index contributed by atoms with van der Waals surface area (Å²) in [7, 11) is 0. The average Bonchev–Trinajstić information content (AvgIpc) is 3.16. The molecule has 0 radical (unpaired) electrons. The lowest BCUT2D eigenvalue weighted by Crippen LogP contribution is -2.25. The number of carbonyl (C=O) groups excluding carboxylic acids is 1. The van der Waals surface area contributed by atoms with Crippen molar-refractivity contribution >= 4 is 11.6 Å². The van der Waals surface area contributed by atoms with Crippen molar-refractivity contribution in [1.82, 2.24) is 5.32 Å². The number of nitro benzene ring substituents is 1. The van der Waals surface area contributed by atoms with Gasteiger partial charge in [-0.2, -0.15) is 0 Å². The van der Waals surface area contributed by atoms with E-state index in [9.17, 15) is 14.9 Å². The summed E-state index contributed by atoms with van der Waals surface area (Å²) in [4.78, 5) is 21.8. The van der Waals surface area contributed by atoms with Gasteiger partial charge in [0.2, 0.25) is 5.91 Å². The molecule has 5 heteroatoms. The molecule has 2 unspecified atom stereocenters. The van der Waals surface area contributed by atoms with Crippen LogP contribution in [-0.2, 0) is 4.79 Å². The maximum atomic E-state index is 11.7. The second kappa shape index (κ2) is 5.00. The fourth-order valence-electron chi connectivity index (χ4n) is 2.00. The first kappa shape index (κ1) is 12.3. The molecule has 0 heterocycles. The van der Waals surface area contributed by atoms with Crippen molar-refractivity contribution in [3.05, 3.63) is 52.6 Å². The minimum Gasteiger partial charge on any atom is -0.352 e. The Hall–Kier alpha value is -2.17. The van der Waals surface area contributed by atoms with Gasteiger partial charge in [0.15, 0.2) is 0 Å². The van der Waals surface area contributed by atoms with Crippen LogP contribution < -0.4 is 5.32 Å². The highest BCUT2D eigenvalue weighted by atomic mass is 16.6. The molecule has 18 heavy (non-hydrogen) atoms. The third-order valence-corrected chi connectivity index (χ3v) is 3.08. The topological polar surface area (TPSA) is 72.2 Å². The zero-order valence-electron chi connectivity index (χ0n) is 9.83. The molecular weight excluding hydrogens is 232 g/mol. The molecule has 1 saturated carbocycles. The molecular formula is C13H14N2O3. The highest BCUT2D eigenvalue weighted by Crippen LogP contribution is 2.47. The third-order valence-electron chi connectivity index (χ3n) is 3.08. The Bertz CT molecular complexity index is 482. The van der Waals surface area contributed by atoms with E-state index in [1.54, 1.807) is 18.2 Å². The monoisotopic (exact) mass is 246 g/mol. The Kier molecular flexibility index (Phi) is 3.41. The van der Waals surface area contributed by atoms with Crippen LogP contribution in [0.25, 0.3) is 0 Å². The van der Waals surface area contributed by atoms with Crippen LogP contribution in [0.1, 0.15) is 17.9 Å². The lowest BCUT2D eigenvalue weighted by molar-refractivity contribution is -0.384. The van der Waals surface area contributed by atoms with Crippen molar-refractivity contribution in [1.29, 1.82) is 0 Å². The van der Waals surface area contributed by atoms with Crippen LogP contribution >= 0.6 is 0 Å². The number of amides is 1. The Morgan fingerprint density at radius 1 is 1.50 bits per heavy atom. The van der Waals surface area contributed by atoms with E-state index in [-0.39, 0.29) is 23.4 Å². The summed E-state index contributed by atoms with van der Waals surface area (Å²) < 4.78 is 0. The van der Waals surface area contributed by atoms with Gasteiger partial charge >= 0.3 is 0 Å². The zero-order chi connectivity index (χ0) is 13.1. The number of nitro groups is 1. The third kappa shape index (κ3) is 2.56. The summed E-state index contributed by atoms with van der Waals surface area (Å²) in [5.41, 5.74) is 1.06. The largest absolute Gasteiger partial charge is 0.352 e. The van der Waals surface area contributed by atoms with Gasteiger partial charge in [-0.05, 0) is 17.9 Å². The average molecular weight is 246 g/mol. The second-order valence-electron chi connectivity index (χ2n) is 4.33. The van der Waals surface area contributed by atoms with E-state index in [0.717, 1.165) is 12.0 Å². The molecule has 1 N–H and O–H groups in total. The van der Waals surface area contributed by atoms with Crippen LogP contribution in [0.5, 0.6) is 0 Å². The maximum Gasteiger partial charge on any atom is 0.269 e. The zero-order valence-corrected chi connectivity index (χ0v) is 9.83. The molecule has 1 aliphatic carbocycles. The fraction of sp³-hybridized carbons (Fsp3) is 0.308. The number of rotatable bonds is 5. The molecule has 2 rings (SSSR count). The van der Waals surface area contributed by atoms with Crippen molar-refractivity contribution < 1.29 is 9.72 Å². The van der Waals surface area contributed by atoms with Crippen molar-refractivity contribution in [3.8, 4) is 0 Å². The number of nitrogens with one attached hydrogen (secondary N) is 1. The fourth-order valence-corrected chi connectivity index (χ4v) is 2.00. The Labute approximate surface area is 105 Å². The summed E-state index contributed by atoms with van der Waals surface area (Å²) in [6.07, 6.45) is 2.45. The molecule has 5 nitrogen and oxygen atoms in total. The summed E-state index contributed by atoms with van der Waals surface area (Å²) in [6, 6.07) is 6.41. The first-order valence-electron chi connectivity index (χ1n) is 5.76. The predicted octanol–water partition coefficient (Wildman–Crippen LogP) is 2.00. The summed E-state index contributed by atoms with van der Waals surface area (Å²) in [6.45, 7) is 4.01. The highest BCUT2D eigenvalue weighted by Gasteiger charge is 2.43. The molecule has 1 amide bonds. The predicted molar refractivity (Wildman–Crippen MR) is 67.2 cm³/mol. The van der Waals surface area contributed by atoms with Crippen LogP contribution in [0.2, 0.25) is 0 Å². The van der Waals surface area contributed by atoms with Crippen molar-refractivity contribution in [2.75, 3.05) is 6.54 Å². The lowest BCUT2D eigenvalue weighted by Gasteiger charge is -2.02. The molecule has 0 aromatic heterocycles. The van der Waals surface area contributed by atoms with E-state index in [0.29, 0.717) is 6.54 Å². The first-order valence-corrected chi connectivity index (χ1v) is 5.76. The number of hydrogen-bond acceptors (Lipinski definition) is 3.